The fraction of sp³-hybridized carbons (Fsp3) is 0.207. The molecule has 8 heteroatoms. The van der Waals surface area contributed by atoms with Gasteiger partial charge in [-0.25, -0.2) is 0 Å². The number of aryl methyl sites for hydroxylation is 2. The van der Waals surface area contributed by atoms with E-state index in [4.69, 9.17) is 4.74 Å². The lowest BCUT2D eigenvalue weighted by molar-refractivity contribution is -0.124. The number of amides is 2. The molecule has 37 heavy (non-hydrogen) atoms. The van der Waals surface area contributed by atoms with E-state index in [-0.39, 0.29) is 24.1 Å². The van der Waals surface area contributed by atoms with Crippen LogP contribution in [0.15, 0.2) is 81.8 Å². The summed E-state index contributed by atoms with van der Waals surface area (Å²) in [6.07, 6.45) is 2.60. The Balaban J connectivity index is 1.58. The predicted octanol–water partition coefficient (Wildman–Crippen LogP) is 5.84. The number of fused-ring (bicyclic) bond motifs is 3. The summed E-state index contributed by atoms with van der Waals surface area (Å²) in [6, 6.07) is 18.1. The maximum atomic E-state index is 14.6. The molecule has 0 aromatic heterocycles. The highest BCUT2D eigenvalue weighted by Gasteiger charge is 2.69. The number of ether oxygens (including phenoxy) is 1. The number of nitrogens with zero attached hydrogens (tertiary/aromatic N) is 2. The summed E-state index contributed by atoms with van der Waals surface area (Å²) in [5.74, 6) is -1.45. The first-order valence-electron chi connectivity index (χ1n) is 11.9. The molecule has 6 nitrogen and oxygen atoms in total. The number of rotatable bonds is 2. The van der Waals surface area contributed by atoms with Crippen LogP contribution in [0.25, 0.3) is 0 Å². The first kappa shape index (κ1) is 24.1. The standard InChI is InChI=1S/C29H22Br2N2O4/c1-16-7-5-8-17(2)24(16)33-27-23(25(34)20-15-18(30)11-12-22(20)37-27)29(28(33)36)13-6-14-32(29)26(35)19-9-3-4-10-21(19)31/h3-13,15,23,27H,14H2,1-2H3. The Morgan fingerprint density at radius 3 is 2.46 bits per heavy atom. The number of carbonyl (C=O) groups is 3. The monoisotopic (exact) mass is 620 g/mol. The second-order valence-electron chi connectivity index (χ2n) is 9.53. The third kappa shape index (κ3) is 3.38. The van der Waals surface area contributed by atoms with Gasteiger partial charge in [-0.3, -0.25) is 19.3 Å². The number of hydrogen-bond donors (Lipinski definition) is 0. The van der Waals surface area contributed by atoms with E-state index < -0.39 is 17.7 Å². The lowest BCUT2D eigenvalue weighted by atomic mass is 9.78. The van der Waals surface area contributed by atoms with Gasteiger partial charge < -0.3 is 9.64 Å². The van der Waals surface area contributed by atoms with Gasteiger partial charge in [0.05, 0.1) is 16.8 Å². The number of Topliss-reactive ketones (excluding diaryl/α,β-unsaturated/α-hetero) is 1. The van der Waals surface area contributed by atoms with Gasteiger partial charge >= 0.3 is 0 Å². The van der Waals surface area contributed by atoms with E-state index in [1.165, 1.54) is 4.90 Å². The first-order chi connectivity index (χ1) is 17.8. The van der Waals surface area contributed by atoms with Crippen LogP contribution in [-0.2, 0) is 4.79 Å². The van der Waals surface area contributed by atoms with Crippen molar-refractivity contribution >= 4 is 55.1 Å². The number of anilines is 1. The summed E-state index contributed by atoms with van der Waals surface area (Å²) in [7, 11) is 0. The van der Waals surface area contributed by atoms with Gasteiger partial charge in [0.25, 0.3) is 11.8 Å². The van der Waals surface area contributed by atoms with Gasteiger partial charge in [0, 0.05) is 15.5 Å². The van der Waals surface area contributed by atoms with E-state index in [1.54, 1.807) is 53.5 Å². The van der Waals surface area contributed by atoms with Gasteiger partial charge in [0.2, 0.25) is 0 Å². The maximum absolute atomic E-state index is 14.6. The average Bonchev–Trinajstić information content (AvgIpc) is 3.41. The van der Waals surface area contributed by atoms with Crippen molar-refractivity contribution in [3.63, 3.8) is 0 Å². The maximum Gasteiger partial charge on any atom is 0.261 e. The molecule has 0 saturated carbocycles. The highest BCUT2D eigenvalue weighted by molar-refractivity contribution is 9.10. The molecule has 3 aliphatic heterocycles. The van der Waals surface area contributed by atoms with Crippen molar-refractivity contribution in [2.24, 2.45) is 5.92 Å². The summed E-state index contributed by atoms with van der Waals surface area (Å²) in [5.41, 5.74) is 1.75. The van der Waals surface area contributed by atoms with Crippen molar-refractivity contribution in [3.05, 3.63) is 104 Å². The lowest BCUT2D eigenvalue weighted by Crippen LogP contribution is -2.58. The van der Waals surface area contributed by atoms with Gasteiger partial charge in [-0.2, -0.15) is 0 Å². The molecule has 3 unspecified atom stereocenters. The number of benzene rings is 3. The second-order valence-corrected chi connectivity index (χ2v) is 11.3. The zero-order chi connectivity index (χ0) is 26.1. The Hall–Kier alpha value is -3.23. The molecule has 0 bridgehead atoms. The van der Waals surface area contributed by atoms with E-state index in [1.807, 2.05) is 38.1 Å². The number of halogens is 2. The average molecular weight is 622 g/mol. The molecule has 3 aromatic rings. The van der Waals surface area contributed by atoms with E-state index in [2.05, 4.69) is 31.9 Å². The Labute approximate surface area is 231 Å². The molecule has 0 N–H and O–H groups in total. The molecule has 1 fully saturated rings. The molecule has 3 aromatic carbocycles. The second kappa shape index (κ2) is 8.67. The largest absolute Gasteiger partial charge is 0.468 e. The van der Waals surface area contributed by atoms with Gasteiger partial charge in [-0.05, 0) is 71.2 Å². The summed E-state index contributed by atoms with van der Waals surface area (Å²) in [6.45, 7) is 4.06. The number of hydrogen-bond acceptors (Lipinski definition) is 4. The third-order valence-electron chi connectivity index (χ3n) is 7.45. The van der Waals surface area contributed by atoms with Crippen LogP contribution in [0.5, 0.6) is 5.75 Å². The van der Waals surface area contributed by atoms with Crippen LogP contribution in [-0.4, -0.2) is 40.8 Å². The first-order valence-corrected chi connectivity index (χ1v) is 13.5. The third-order valence-corrected chi connectivity index (χ3v) is 8.63. The highest BCUT2D eigenvalue weighted by atomic mass is 79.9. The normalized spacial score (nSPS) is 23.9. The van der Waals surface area contributed by atoms with Crippen molar-refractivity contribution in [3.8, 4) is 5.75 Å². The SMILES string of the molecule is Cc1cccc(C)c1N1C(=O)C2(C=CCN2C(=O)c2ccccc2Br)C2C(=O)c3cc(Br)ccc3OC21. The molecular weight excluding hydrogens is 600 g/mol. The lowest BCUT2D eigenvalue weighted by Gasteiger charge is -2.38. The van der Waals surface area contributed by atoms with E-state index in [0.29, 0.717) is 27.0 Å². The van der Waals surface area contributed by atoms with Crippen molar-refractivity contribution in [2.75, 3.05) is 11.4 Å². The molecule has 0 radical (unpaired) electrons. The molecule has 3 heterocycles. The van der Waals surface area contributed by atoms with E-state index in [9.17, 15) is 14.4 Å². The van der Waals surface area contributed by atoms with Crippen LogP contribution < -0.4 is 9.64 Å². The molecule has 3 atom stereocenters. The minimum Gasteiger partial charge on any atom is -0.468 e. The smallest absolute Gasteiger partial charge is 0.261 e. The number of para-hydroxylation sites is 1. The van der Waals surface area contributed by atoms with Gasteiger partial charge in [0.1, 0.15) is 11.7 Å². The molecule has 2 amide bonds. The van der Waals surface area contributed by atoms with Crippen LogP contribution in [0, 0.1) is 19.8 Å². The Morgan fingerprint density at radius 1 is 1.00 bits per heavy atom. The van der Waals surface area contributed by atoms with Gasteiger partial charge in [-0.15, -0.1) is 0 Å². The topological polar surface area (TPSA) is 66.9 Å². The highest BCUT2D eigenvalue weighted by Crippen LogP contribution is 2.51. The summed E-state index contributed by atoms with van der Waals surface area (Å²) < 4.78 is 7.81. The van der Waals surface area contributed by atoms with Crippen LogP contribution >= 0.6 is 31.9 Å². The molecular formula is C29H22Br2N2O4. The number of carbonyl (C=O) groups excluding carboxylic acids is 3. The summed E-state index contributed by atoms with van der Waals surface area (Å²) >= 11 is 6.92. The van der Waals surface area contributed by atoms with Crippen LogP contribution in [0.4, 0.5) is 5.69 Å². The van der Waals surface area contributed by atoms with E-state index >= 15 is 0 Å². The Bertz CT molecular complexity index is 1510. The Kier molecular flexibility index (Phi) is 5.65. The van der Waals surface area contributed by atoms with Crippen LogP contribution in [0.3, 0.4) is 0 Å². The van der Waals surface area contributed by atoms with Crippen molar-refractivity contribution in [1.29, 1.82) is 0 Å². The predicted molar refractivity (Wildman–Crippen MR) is 147 cm³/mol. The Morgan fingerprint density at radius 2 is 1.73 bits per heavy atom. The molecule has 3 aliphatic rings. The van der Waals surface area contributed by atoms with Crippen LogP contribution in [0.2, 0.25) is 0 Å². The fourth-order valence-corrected chi connectivity index (χ4v) is 6.65. The van der Waals surface area contributed by atoms with E-state index in [0.717, 1.165) is 15.6 Å². The van der Waals surface area contributed by atoms with Crippen molar-refractivity contribution in [1.82, 2.24) is 4.90 Å². The molecule has 6 rings (SSSR count). The molecule has 0 aliphatic carbocycles. The van der Waals surface area contributed by atoms with Gasteiger partial charge in [0.15, 0.2) is 17.6 Å². The quantitative estimate of drug-likeness (QED) is 0.337. The van der Waals surface area contributed by atoms with Crippen LogP contribution in [0.1, 0.15) is 31.8 Å². The molecule has 1 spiro atoms. The minimum atomic E-state index is -1.52. The van der Waals surface area contributed by atoms with Gasteiger partial charge in [-0.1, -0.05) is 58.4 Å². The minimum absolute atomic E-state index is 0.203. The zero-order valence-corrected chi connectivity index (χ0v) is 23.2. The van der Waals surface area contributed by atoms with Crippen molar-refractivity contribution < 1.29 is 19.1 Å². The molecule has 1 saturated heterocycles. The molecule has 186 valence electrons. The number of ketones is 1. The van der Waals surface area contributed by atoms with Crippen molar-refractivity contribution in [2.45, 2.75) is 25.6 Å². The summed E-state index contributed by atoms with van der Waals surface area (Å²) in [5, 5.41) is 0. The summed E-state index contributed by atoms with van der Waals surface area (Å²) in [4.78, 5) is 45.9. The fourth-order valence-electron chi connectivity index (χ4n) is 5.84. The zero-order valence-electron chi connectivity index (χ0n) is 20.1.